The molecule has 0 aromatic carbocycles. The van der Waals surface area contributed by atoms with Crippen molar-refractivity contribution >= 4 is 5.97 Å². The van der Waals surface area contributed by atoms with Crippen molar-refractivity contribution in [3.05, 3.63) is 6.92 Å². The highest BCUT2D eigenvalue weighted by molar-refractivity contribution is 5.69. The smallest absolute Gasteiger partial charge is 0.305 e. The topological polar surface area (TPSA) is 41.6 Å². The van der Waals surface area contributed by atoms with Crippen molar-refractivity contribution in [3.8, 4) is 0 Å². The quantitative estimate of drug-likeness (QED) is 0.351. The standard InChI is InChI=1S/C21H41N2O2/c1-3-5-7-11-16-23-17-15-22-20(19-23)13-10-8-12-18-25-21(24)14-9-6-4-2/h20,22H,1,3-19H2,2H3. The molecule has 1 atom stereocenters. The van der Waals surface area contributed by atoms with Gasteiger partial charge in [0.15, 0.2) is 0 Å². The highest BCUT2D eigenvalue weighted by Gasteiger charge is 2.18. The highest BCUT2D eigenvalue weighted by Crippen LogP contribution is 2.10. The maximum atomic E-state index is 11.5. The third kappa shape index (κ3) is 12.4. The van der Waals surface area contributed by atoms with Crippen LogP contribution in [0.5, 0.6) is 0 Å². The second-order valence-electron chi connectivity index (χ2n) is 7.39. The molecule has 4 heteroatoms. The Kier molecular flexibility index (Phi) is 14.0. The maximum Gasteiger partial charge on any atom is 0.305 e. The van der Waals surface area contributed by atoms with Crippen molar-refractivity contribution in [1.82, 2.24) is 10.2 Å². The molecule has 0 aromatic rings. The molecule has 1 heterocycles. The maximum absolute atomic E-state index is 11.5. The van der Waals surface area contributed by atoms with Crippen LogP contribution in [0.2, 0.25) is 0 Å². The summed E-state index contributed by atoms with van der Waals surface area (Å²) >= 11 is 0. The van der Waals surface area contributed by atoms with Gasteiger partial charge in [0.2, 0.25) is 0 Å². The summed E-state index contributed by atoms with van der Waals surface area (Å²) in [5, 5.41) is 3.65. The van der Waals surface area contributed by atoms with Crippen LogP contribution in [-0.4, -0.2) is 49.7 Å². The minimum Gasteiger partial charge on any atom is -0.466 e. The minimum atomic E-state index is -0.0168. The van der Waals surface area contributed by atoms with Crippen LogP contribution >= 0.6 is 0 Å². The van der Waals surface area contributed by atoms with Crippen LogP contribution in [-0.2, 0) is 9.53 Å². The van der Waals surface area contributed by atoms with Crippen molar-refractivity contribution in [1.29, 1.82) is 0 Å². The summed E-state index contributed by atoms with van der Waals surface area (Å²) < 4.78 is 5.29. The summed E-state index contributed by atoms with van der Waals surface area (Å²) in [6.07, 6.45) is 13.4. The Morgan fingerprint density at radius 3 is 2.76 bits per heavy atom. The van der Waals surface area contributed by atoms with Crippen LogP contribution in [0, 0.1) is 6.92 Å². The fraction of sp³-hybridized carbons (Fsp3) is 0.905. The lowest BCUT2D eigenvalue weighted by molar-refractivity contribution is -0.143. The van der Waals surface area contributed by atoms with Crippen LogP contribution < -0.4 is 5.32 Å². The first-order valence-corrected chi connectivity index (χ1v) is 10.7. The van der Waals surface area contributed by atoms with E-state index in [0.29, 0.717) is 19.1 Å². The van der Waals surface area contributed by atoms with E-state index in [2.05, 4.69) is 24.1 Å². The summed E-state index contributed by atoms with van der Waals surface area (Å²) in [6, 6.07) is 0.637. The van der Waals surface area contributed by atoms with Gasteiger partial charge in [0.25, 0.3) is 0 Å². The van der Waals surface area contributed by atoms with Crippen molar-refractivity contribution in [2.45, 2.75) is 90.0 Å². The van der Waals surface area contributed by atoms with Crippen LogP contribution in [0.15, 0.2) is 0 Å². The molecule has 0 bridgehead atoms. The van der Waals surface area contributed by atoms with E-state index in [0.717, 1.165) is 45.1 Å². The molecule has 1 aliphatic heterocycles. The van der Waals surface area contributed by atoms with Crippen molar-refractivity contribution in [2.75, 3.05) is 32.8 Å². The summed E-state index contributed by atoms with van der Waals surface area (Å²) in [5.74, 6) is -0.0168. The van der Waals surface area contributed by atoms with E-state index in [1.54, 1.807) is 0 Å². The Morgan fingerprint density at radius 2 is 1.96 bits per heavy atom. The summed E-state index contributed by atoms with van der Waals surface area (Å²) in [7, 11) is 0. The van der Waals surface area contributed by atoms with E-state index < -0.39 is 0 Å². The number of unbranched alkanes of at least 4 members (excludes halogenated alkanes) is 7. The molecular weight excluding hydrogens is 312 g/mol. The fourth-order valence-corrected chi connectivity index (χ4v) is 3.43. The molecule has 0 saturated carbocycles. The summed E-state index contributed by atoms with van der Waals surface area (Å²) in [6.45, 7) is 11.4. The zero-order chi connectivity index (χ0) is 18.2. The minimum absolute atomic E-state index is 0.0168. The van der Waals surface area contributed by atoms with Crippen molar-refractivity contribution in [3.63, 3.8) is 0 Å². The molecule has 0 aliphatic carbocycles. The van der Waals surface area contributed by atoms with Crippen LogP contribution in [0.3, 0.4) is 0 Å². The molecule has 0 aromatic heterocycles. The first kappa shape index (κ1) is 22.4. The second-order valence-corrected chi connectivity index (χ2v) is 7.39. The fourth-order valence-electron chi connectivity index (χ4n) is 3.43. The predicted octanol–water partition coefficient (Wildman–Crippen LogP) is 4.34. The normalized spacial score (nSPS) is 18.4. The van der Waals surface area contributed by atoms with E-state index in [1.807, 2.05) is 0 Å². The van der Waals surface area contributed by atoms with Crippen LogP contribution in [0.25, 0.3) is 0 Å². The predicted molar refractivity (Wildman–Crippen MR) is 106 cm³/mol. The van der Waals surface area contributed by atoms with Gasteiger partial charge in [-0.15, -0.1) is 0 Å². The number of carbonyl (C=O) groups excluding carboxylic acids is 1. The molecule has 4 nitrogen and oxygen atoms in total. The van der Waals surface area contributed by atoms with Gasteiger partial charge < -0.3 is 15.0 Å². The van der Waals surface area contributed by atoms with Gasteiger partial charge in [-0.05, 0) is 32.2 Å². The summed E-state index contributed by atoms with van der Waals surface area (Å²) in [5.41, 5.74) is 0. The number of hydrogen-bond acceptors (Lipinski definition) is 4. The highest BCUT2D eigenvalue weighted by atomic mass is 16.5. The average Bonchev–Trinajstić information content (AvgIpc) is 2.62. The number of piperazine rings is 1. The van der Waals surface area contributed by atoms with Gasteiger partial charge in [0.1, 0.15) is 0 Å². The molecule has 1 N–H and O–H groups in total. The molecule has 1 aliphatic rings. The van der Waals surface area contributed by atoms with Gasteiger partial charge in [-0.25, -0.2) is 0 Å². The molecule has 1 saturated heterocycles. The lowest BCUT2D eigenvalue weighted by atomic mass is 10.1. The Labute approximate surface area is 156 Å². The SMILES string of the molecule is [CH2]CCCCCN1CCNC(CCCCCOC(=O)CCCCC)C1. The second kappa shape index (κ2) is 15.6. The van der Waals surface area contributed by atoms with Crippen LogP contribution in [0.1, 0.15) is 84.0 Å². The Balaban J connectivity index is 1.96. The number of nitrogens with one attached hydrogen (secondary N) is 1. The molecular formula is C21H41N2O2. The van der Waals surface area contributed by atoms with Gasteiger partial charge >= 0.3 is 5.97 Å². The zero-order valence-corrected chi connectivity index (χ0v) is 16.6. The number of esters is 1. The third-order valence-corrected chi connectivity index (χ3v) is 5.01. The van der Waals surface area contributed by atoms with E-state index in [9.17, 15) is 4.79 Å². The lowest BCUT2D eigenvalue weighted by Gasteiger charge is -2.33. The number of rotatable bonds is 15. The van der Waals surface area contributed by atoms with Crippen molar-refractivity contribution < 1.29 is 9.53 Å². The molecule has 0 spiro atoms. The number of hydrogen-bond donors (Lipinski definition) is 1. The Bertz CT molecular complexity index is 323. The molecule has 1 rings (SSSR count). The molecule has 147 valence electrons. The van der Waals surface area contributed by atoms with E-state index in [1.165, 1.54) is 51.7 Å². The van der Waals surface area contributed by atoms with E-state index in [4.69, 9.17) is 4.74 Å². The first-order valence-electron chi connectivity index (χ1n) is 10.7. The average molecular weight is 354 g/mol. The van der Waals surface area contributed by atoms with Crippen molar-refractivity contribution in [2.24, 2.45) is 0 Å². The number of nitrogens with zero attached hydrogens (tertiary/aromatic N) is 1. The van der Waals surface area contributed by atoms with Gasteiger partial charge in [0.05, 0.1) is 6.61 Å². The van der Waals surface area contributed by atoms with Gasteiger partial charge in [-0.3, -0.25) is 4.79 Å². The van der Waals surface area contributed by atoms with E-state index >= 15 is 0 Å². The van der Waals surface area contributed by atoms with Crippen LogP contribution in [0.4, 0.5) is 0 Å². The third-order valence-electron chi connectivity index (χ3n) is 5.01. The number of ether oxygens (including phenoxy) is 1. The molecule has 25 heavy (non-hydrogen) atoms. The summed E-state index contributed by atoms with van der Waals surface area (Å²) in [4.78, 5) is 14.1. The molecule has 1 radical (unpaired) electrons. The first-order chi connectivity index (χ1) is 12.3. The van der Waals surface area contributed by atoms with Gasteiger partial charge in [-0.1, -0.05) is 58.8 Å². The van der Waals surface area contributed by atoms with E-state index in [-0.39, 0.29) is 5.97 Å². The monoisotopic (exact) mass is 353 g/mol. The molecule has 0 amide bonds. The lowest BCUT2D eigenvalue weighted by Crippen LogP contribution is -2.50. The van der Waals surface area contributed by atoms with Gasteiger partial charge in [-0.2, -0.15) is 0 Å². The largest absolute Gasteiger partial charge is 0.466 e. The molecule has 1 unspecified atom stereocenters. The Hall–Kier alpha value is -0.610. The Morgan fingerprint density at radius 1 is 1.12 bits per heavy atom. The number of carbonyl (C=O) groups is 1. The van der Waals surface area contributed by atoms with Gasteiger partial charge in [0, 0.05) is 32.1 Å². The molecule has 1 fully saturated rings. The zero-order valence-electron chi connectivity index (χ0n) is 16.6.